The van der Waals surface area contributed by atoms with E-state index in [1.54, 1.807) is 17.8 Å². The van der Waals surface area contributed by atoms with Gasteiger partial charge < -0.3 is 10.1 Å². The smallest absolute Gasteiger partial charge is 0.243 e. The Labute approximate surface area is 123 Å². The van der Waals surface area contributed by atoms with Crippen LogP contribution in [0.5, 0.6) is 5.88 Å². The minimum Gasteiger partial charge on any atom is -0.481 e. The molecule has 0 amide bonds. The second kappa shape index (κ2) is 5.46. The topological polar surface area (TPSA) is 64.3 Å². The fraction of sp³-hybridized carbons (Fsp3) is 0.154. The Kier molecular flexibility index (Phi) is 3.51. The van der Waals surface area contributed by atoms with Crippen LogP contribution in [0.4, 0.5) is 5.95 Å². The molecule has 0 saturated carbocycles. The van der Waals surface area contributed by atoms with Gasteiger partial charge in [0.25, 0.3) is 0 Å². The predicted molar refractivity (Wildman–Crippen MR) is 78.8 cm³/mol. The Morgan fingerprint density at radius 1 is 1.30 bits per heavy atom. The number of aromatic nitrogens is 4. The van der Waals surface area contributed by atoms with Gasteiger partial charge in [0.2, 0.25) is 11.8 Å². The van der Waals surface area contributed by atoms with Gasteiger partial charge in [0, 0.05) is 29.5 Å². The standard InChI is InChI=1S/C13H12BrN5O/c1-20-12-5-2-9(6-15-12)7-16-13-17-11-4-3-10(14)8-19(11)18-13/h2-6,8H,7H2,1H3,(H,16,18). The molecule has 20 heavy (non-hydrogen) atoms. The number of hydrogen-bond acceptors (Lipinski definition) is 5. The third kappa shape index (κ3) is 2.72. The maximum absolute atomic E-state index is 5.02. The van der Waals surface area contributed by atoms with Crippen LogP contribution in [0.1, 0.15) is 5.56 Å². The van der Waals surface area contributed by atoms with E-state index in [0.29, 0.717) is 18.4 Å². The second-order valence-corrected chi connectivity index (χ2v) is 5.06. The van der Waals surface area contributed by atoms with Gasteiger partial charge in [0.15, 0.2) is 5.65 Å². The lowest BCUT2D eigenvalue weighted by molar-refractivity contribution is 0.397. The number of halogens is 1. The van der Waals surface area contributed by atoms with Crippen LogP contribution < -0.4 is 10.1 Å². The molecule has 6 nitrogen and oxygen atoms in total. The van der Waals surface area contributed by atoms with Crippen LogP contribution in [0.2, 0.25) is 0 Å². The monoisotopic (exact) mass is 333 g/mol. The van der Waals surface area contributed by atoms with E-state index in [1.165, 1.54) is 0 Å². The Balaban J connectivity index is 1.72. The first-order chi connectivity index (χ1) is 9.74. The first-order valence-electron chi connectivity index (χ1n) is 5.99. The summed E-state index contributed by atoms with van der Waals surface area (Å²) in [5, 5.41) is 7.51. The average Bonchev–Trinajstić information content (AvgIpc) is 2.87. The van der Waals surface area contributed by atoms with Gasteiger partial charge in [-0.1, -0.05) is 6.07 Å². The Hall–Kier alpha value is -2.15. The first kappa shape index (κ1) is 12.9. The summed E-state index contributed by atoms with van der Waals surface area (Å²) in [6.45, 7) is 0.606. The first-order valence-corrected chi connectivity index (χ1v) is 6.78. The number of methoxy groups -OCH3 is 1. The fourth-order valence-electron chi connectivity index (χ4n) is 1.75. The van der Waals surface area contributed by atoms with Crippen molar-refractivity contribution in [1.82, 2.24) is 19.6 Å². The third-order valence-corrected chi connectivity index (χ3v) is 3.22. The van der Waals surface area contributed by atoms with Crippen LogP contribution >= 0.6 is 15.9 Å². The molecule has 0 atom stereocenters. The summed E-state index contributed by atoms with van der Waals surface area (Å²) < 4.78 is 7.70. The van der Waals surface area contributed by atoms with Gasteiger partial charge in [-0.2, -0.15) is 4.98 Å². The molecule has 0 aliphatic heterocycles. The van der Waals surface area contributed by atoms with Gasteiger partial charge in [-0.15, -0.1) is 5.10 Å². The van der Waals surface area contributed by atoms with E-state index in [-0.39, 0.29) is 0 Å². The minimum absolute atomic E-state index is 0.582. The van der Waals surface area contributed by atoms with Crippen molar-refractivity contribution in [2.75, 3.05) is 12.4 Å². The zero-order valence-corrected chi connectivity index (χ0v) is 12.3. The number of nitrogens with zero attached hydrogens (tertiary/aromatic N) is 4. The van der Waals surface area contributed by atoms with E-state index in [0.717, 1.165) is 15.7 Å². The molecule has 7 heteroatoms. The summed E-state index contributed by atoms with van der Waals surface area (Å²) in [5.74, 6) is 1.18. The van der Waals surface area contributed by atoms with Crippen molar-refractivity contribution in [3.8, 4) is 5.88 Å². The van der Waals surface area contributed by atoms with Crippen LogP contribution in [-0.2, 0) is 6.54 Å². The van der Waals surface area contributed by atoms with Gasteiger partial charge in [-0.25, -0.2) is 9.50 Å². The second-order valence-electron chi connectivity index (χ2n) is 4.15. The molecule has 3 aromatic heterocycles. The number of ether oxygens (including phenoxy) is 1. The predicted octanol–water partition coefficient (Wildman–Crippen LogP) is 2.51. The number of rotatable bonds is 4. The molecule has 3 aromatic rings. The molecule has 0 fully saturated rings. The van der Waals surface area contributed by atoms with E-state index in [4.69, 9.17) is 4.74 Å². The van der Waals surface area contributed by atoms with Gasteiger partial charge >= 0.3 is 0 Å². The van der Waals surface area contributed by atoms with Crippen LogP contribution in [0.25, 0.3) is 5.65 Å². The van der Waals surface area contributed by atoms with Gasteiger partial charge in [-0.05, 0) is 33.6 Å². The summed E-state index contributed by atoms with van der Waals surface area (Å²) in [5.41, 5.74) is 1.83. The highest BCUT2D eigenvalue weighted by atomic mass is 79.9. The van der Waals surface area contributed by atoms with Crippen LogP contribution in [0.15, 0.2) is 41.1 Å². The number of anilines is 1. The molecule has 0 spiro atoms. The van der Waals surface area contributed by atoms with Gasteiger partial charge in [0.1, 0.15) is 0 Å². The molecule has 0 aliphatic rings. The largest absolute Gasteiger partial charge is 0.481 e. The summed E-state index contributed by atoms with van der Waals surface area (Å²) in [7, 11) is 1.60. The lowest BCUT2D eigenvalue weighted by Gasteiger charge is -2.02. The minimum atomic E-state index is 0.582. The molecular weight excluding hydrogens is 322 g/mol. The molecule has 1 N–H and O–H groups in total. The lowest BCUT2D eigenvalue weighted by atomic mass is 10.3. The zero-order valence-electron chi connectivity index (χ0n) is 10.7. The van der Waals surface area contributed by atoms with Crippen molar-refractivity contribution in [3.63, 3.8) is 0 Å². The van der Waals surface area contributed by atoms with Crippen molar-refractivity contribution in [2.24, 2.45) is 0 Å². The summed E-state index contributed by atoms with van der Waals surface area (Å²) in [6.07, 6.45) is 3.63. The quantitative estimate of drug-likeness (QED) is 0.794. The summed E-state index contributed by atoms with van der Waals surface area (Å²) in [4.78, 5) is 8.53. The van der Waals surface area contributed by atoms with E-state index in [2.05, 4.69) is 36.3 Å². The van der Waals surface area contributed by atoms with Crippen molar-refractivity contribution in [3.05, 3.63) is 46.7 Å². The molecule has 0 bridgehead atoms. The van der Waals surface area contributed by atoms with E-state index in [9.17, 15) is 0 Å². The highest BCUT2D eigenvalue weighted by Crippen LogP contribution is 2.13. The molecule has 102 valence electrons. The Morgan fingerprint density at radius 2 is 2.20 bits per heavy atom. The van der Waals surface area contributed by atoms with Crippen LogP contribution in [0, 0.1) is 0 Å². The molecule has 0 radical (unpaired) electrons. The summed E-state index contributed by atoms with van der Waals surface area (Å²) >= 11 is 3.40. The van der Waals surface area contributed by atoms with E-state index >= 15 is 0 Å². The summed E-state index contributed by atoms with van der Waals surface area (Å²) in [6, 6.07) is 7.61. The molecule has 3 heterocycles. The normalized spacial score (nSPS) is 10.7. The Bertz CT molecular complexity index is 725. The average molecular weight is 334 g/mol. The highest BCUT2D eigenvalue weighted by Gasteiger charge is 2.03. The van der Waals surface area contributed by atoms with Gasteiger partial charge in [-0.3, -0.25) is 0 Å². The molecular formula is C13H12BrN5O. The number of nitrogens with one attached hydrogen (secondary N) is 1. The molecule has 0 aliphatic carbocycles. The van der Waals surface area contributed by atoms with Crippen LogP contribution in [0.3, 0.4) is 0 Å². The number of pyridine rings is 2. The highest BCUT2D eigenvalue weighted by molar-refractivity contribution is 9.10. The van der Waals surface area contributed by atoms with E-state index in [1.807, 2.05) is 30.5 Å². The SMILES string of the molecule is COc1ccc(CNc2nc3ccc(Br)cn3n2)cn1. The van der Waals surface area contributed by atoms with Crippen molar-refractivity contribution in [1.29, 1.82) is 0 Å². The molecule has 0 unspecified atom stereocenters. The van der Waals surface area contributed by atoms with E-state index < -0.39 is 0 Å². The maximum Gasteiger partial charge on any atom is 0.243 e. The Morgan fingerprint density at radius 3 is 2.95 bits per heavy atom. The fourth-order valence-corrected chi connectivity index (χ4v) is 2.08. The molecule has 3 rings (SSSR count). The van der Waals surface area contributed by atoms with Crippen molar-refractivity contribution >= 4 is 27.5 Å². The van der Waals surface area contributed by atoms with Crippen molar-refractivity contribution < 1.29 is 4.74 Å². The van der Waals surface area contributed by atoms with Gasteiger partial charge in [0.05, 0.1) is 7.11 Å². The molecule has 0 aromatic carbocycles. The zero-order chi connectivity index (χ0) is 13.9. The number of fused-ring (bicyclic) bond motifs is 1. The third-order valence-electron chi connectivity index (χ3n) is 2.75. The number of hydrogen-bond donors (Lipinski definition) is 1. The maximum atomic E-state index is 5.02. The lowest BCUT2D eigenvalue weighted by Crippen LogP contribution is -2.02. The molecule has 0 saturated heterocycles. The van der Waals surface area contributed by atoms with Crippen molar-refractivity contribution in [2.45, 2.75) is 6.54 Å². The van der Waals surface area contributed by atoms with Crippen LogP contribution in [-0.4, -0.2) is 26.7 Å².